The predicted molar refractivity (Wildman–Crippen MR) is 91.5 cm³/mol. The minimum Gasteiger partial charge on any atom is -0.504 e. The molecular formula is C16H21N3O3S. The molecule has 124 valence electrons. The van der Waals surface area contributed by atoms with Crippen molar-refractivity contribution >= 4 is 17.6 Å². The van der Waals surface area contributed by atoms with Crippen LogP contribution in [-0.2, 0) is 0 Å². The highest BCUT2D eigenvalue weighted by Crippen LogP contribution is 2.40. The minimum absolute atomic E-state index is 0.327. The maximum Gasteiger partial charge on any atom is 0.205 e. The second-order valence-corrected chi connectivity index (χ2v) is 5.71. The fraction of sp³-hybridized carbons (Fsp3) is 0.375. The van der Waals surface area contributed by atoms with E-state index in [2.05, 4.69) is 10.1 Å². The van der Waals surface area contributed by atoms with E-state index in [-0.39, 0.29) is 5.75 Å². The van der Waals surface area contributed by atoms with Crippen LogP contribution in [0.2, 0.25) is 0 Å². The van der Waals surface area contributed by atoms with Crippen molar-refractivity contribution in [2.45, 2.75) is 32.6 Å². The van der Waals surface area contributed by atoms with Gasteiger partial charge in [0.15, 0.2) is 11.5 Å². The van der Waals surface area contributed by atoms with Gasteiger partial charge in [0.2, 0.25) is 10.6 Å². The van der Waals surface area contributed by atoms with Crippen LogP contribution >= 0.6 is 11.3 Å². The molecule has 1 aromatic carbocycles. The smallest absolute Gasteiger partial charge is 0.205 e. The Hall–Kier alpha value is -2.28. The Bertz CT molecular complexity index is 773. The number of hydrogen-bond donors (Lipinski definition) is 3. The van der Waals surface area contributed by atoms with Crippen molar-refractivity contribution in [3.05, 3.63) is 33.6 Å². The van der Waals surface area contributed by atoms with Gasteiger partial charge in [0.1, 0.15) is 0 Å². The van der Waals surface area contributed by atoms with Crippen molar-refractivity contribution in [1.82, 2.24) is 4.68 Å². The molecule has 0 saturated heterocycles. The van der Waals surface area contributed by atoms with Gasteiger partial charge in [-0.2, -0.15) is 5.10 Å². The molecule has 1 aliphatic carbocycles. The standard InChI is InChI=1S/C14H15N3O3S.C2H6/c1-15-14-17(10(7-21-14)8-2-3-8)16-6-9-4-5-11(18)13(20)12(9)19;1-2/h4-8,18-20H,2-3H2,1H3;1-2H3/b15-14?,16-6+;. The first kappa shape index (κ1) is 17.1. The fourth-order valence-corrected chi connectivity index (χ4v) is 2.92. The van der Waals surface area contributed by atoms with Gasteiger partial charge in [-0.25, -0.2) is 4.68 Å². The highest BCUT2D eigenvalue weighted by molar-refractivity contribution is 7.07. The summed E-state index contributed by atoms with van der Waals surface area (Å²) in [7, 11) is 1.71. The van der Waals surface area contributed by atoms with E-state index in [1.165, 1.54) is 29.7 Å². The third kappa shape index (κ3) is 3.56. The van der Waals surface area contributed by atoms with Crippen LogP contribution in [0.5, 0.6) is 17.2 Å². The normalized spacial score (nSPS) is 14.8. The summed E-state index contributed by atoms with van der Waals surface area (Å²) in [5.74, 6) is -0.777. The highest BCUT2D eigenvalue weighted by Gasteiger charge is 2.27. The van der Waals surface area contributed by atoms with Crippen molar-refractivity contribution in [2.75, 3.05) is 7.05 Å². The molecule has 0 amide bonds. The molecule has 1 aliphatic rings. The molecule has 3 N–H and O–H groups in total. The maximum absolute atomic E-state index is 9.79. The van der Waals surface area contributed by atoms with Gasteiger partial charge in [-0.15, -0.1) is 11.3 Å². The van der Waals surface area contributed by atoms with Gasteiger partial charge in [-0.05, 0) is 25.0 Å². The number of phenols is 3. The number of aromatic hydroxyl groups is 3. The Balaban J connectivity index is 0.000000924. The predicted octanol–water partition coefficient (Wildman–Crippen LogP) is 2.98. The minimum atomic E-state index is -0.544. The molecule has 6 nitrogen and oxygen atoms in total. The lowest BCUT2D eigenvalue weighted by Gasteiger charge is -2.04. The first-order valence-electron chi connectivity index (χ1n) is 7.53. The second kappa shape index (κ2) is 7.32. The Labute approximate surface area is 138 Å². The molecular weight excluding hydrogens is 314 g/mol. The lowest BCUT2D eigenvalue weighted by molar-refractivity contribution is 0.367. The van der Waals surface area contributed by atoms with E-state index >= 15 is 0 Å². The van der Waals surface area contributed by atoms with E-state index in [1.54, 1.807) is 11.7 Å². The van der Waals surface area contributed by atoms with Gasteiger partial charge in [-0.1, -0.05) is 13.8 Å². The summed E-state index contributed by atoms with van der Waals surface area (Å²) in [4.78, 5) is 4.96. The Kier molecular flexibility index (Phi) is 5.44. The van der Waals surface area contributed by atoms with Crippen LogP contribution in [0.15, 0.2) is 27.6 Å². The molecule has 0 spiro atoms. The highest BCUT2D eigenvalue weighted by atomic mass is 32.1. The topological polar surface area (TPSA) is 90.3 Å². The summed E-state index contributed by atoms with van der Waals surface area (Å²) in [5.41, 5.74) is 1.44. The number of benzene rings is 1. The van der Waals surface area contributed by atoms with E-state index in [0.29, 0.717) is 11.5 Å². The Morgan fingerprint density at radius 1 is 1.17 bits per heavy atom. The molecule has 1 fully saturated rings. The van der Waals surface area contributed by atoms with Crippen LogP contribution < -0.4 is 4.80 Å². The summed E-state index contributed by atoms with van der Waals surface area (Å²) in [6.07, 6.45) is 3.75. The lowest BCUT2D eigenvalue weighted by Crippen LogP contribution is -2.12. The first-order chi connectivity index (χ1) is 11.1. The average molecular weight is 335 g/mol. The molecule has 0 atom stereocenters. The van der Waals surface area contributed by atoms with Crippen LogP contribution in [-0.4, -0.2) is 33.3 Å². The monoisotopic (exact) mass is 335 g/mol. The molecule has 0 aliphatic heterocycles. The molecule has 1 heterocycles. The van der Waals surface area contributed by atoms with E-state index < -0.39 is 11.5 Å². The Morgan fingerprint density at radius 2 is 1.87 bits per heavy atom. The number of hydrogen-bond acceptors (Lipinski definition) is 6. The number of nitrogens with zero attached hydrogens (tertiary/aromatic N) is 3. The molecule has 0 bridgehead atoms. The first-order valence-corrected chi connectivity index (χ1v) is 8.41. The van der Waals surface area contributed by atoms with E-state index in [4.69, 9.17) is 0 Å². The zero-order valence-electron chi connectivity index (χ0n) is 13.4. The summed E-state index contributed by atoms with van der Waals surface area (Å²) < 4.78 is 1.76. The van der Waals surface area contributed by atoms with Crippen molar-refractivity contribution in [1.29, 1.82) is 0 Å². The maximum atomic E-state index is 9.79. The van der Waals surface area contributed by atoms with Crippen LogP contribution in [0.3, 0.4) is 0 Å². The summed E-state index contributed by atoms with van der Waals surface area (Å²) >= 11 is 1.52. The van der Waals surface area contributed by atoms with Crippen molar-refractivity contribution in [3.63, 3.8) is 0 Å². The van der Waals surface area contributed by atoms with Gasteiger partial charge >= 0.3 is 0 Å². The number of aromatic nitrogens is 1. The van der Waals surface area contributed by atoms with E-state index in [1.807, 2.05) is 19.2 Å². The Morgan fingerprint density at radius 3 is 2.48 bits per heavy atom. The van der Waals surface area contributed by atoms with Crippen molar-refractivity contribution in [2.24, 2.45) is 10.1 Å². The van der Waals surface area contributed by atoms with Gasteiger partial charge in [0, 0.05) is 23.9 Å². The number of rotatable bonds is 3. The zero-order chi connectivity index (χ0) is 17.0. The van der Waals surface area contributed by atoms with Gasteiger partial charge < -0.3 is 15.3 Å². The van der Waals surface area contributed by atoms with E-state index in [9.17, 15) is 15.3 Å². The van der Waals surface area contributed by atoms with Crippen molar-refractivity contribution in [3.8, 4) is 17.2 Å². The number of thiazole rings is 1. The average Bonchev–Trinajstić information content (AvgIpc) is 3.34. The van der Waals surface area contributed by atoms with Crippen LogP contribution in [0, 0.1) is 0 Å². The lowest BCUT2D eigenvalue weighted by atomic mass is 10.2. The van der Waals surface area contributed by atoms with Gasteiger partial charge in [0.25, 0.3) is 0 Å². The number of phenolic OH excluding ortho intramolecular Hbond substituents is 3. The fourth-order valence-electron chi connectivity index (χ4n) is 2.04. The summed E-state index contributed by atoms with van der Waals surface area (Å²) in [6, 6.07) is 2.79. The molecule has 7 heteroatoms. The molecule has 1 saturated carbocycles. The zero-order valence-corrected chi connectivity index (χ0v) is 14.2. The molecule has 2 aromatic rings. The molecule has 3 rings (SSSR count). The largest absolute Gasteiger partial charge is 0.504 e. The molecule has 23 heavy (non-hydrogen) atoms. The summed E-state index contributed by atoms with van der Waals surface area (Å²) in [6.45, 7) is 4.00. The quantitative estimate of drug-likeness (QED) is 0.595. The SMILES string of the molecule is CC.CN=c1scc(C2CC2)n1/N=C/c1ccc(O)c(O)c1O. The van der Waals surface area contributed by atoms with Crippen molar-refractivity contribution < 1.29 is 15.3 Å². The van der Waals surface area contributed by atoms with E-state index in [0.717, 1.165) is 23.3 Å². The summed E-state index contributed by atoms with van der Waals surface area (Å²) in [5, 5.41) is 35.0. The third-order valence-electron chi connectivity index (χ3n) is 3.37. The van der Waals surface area contributed by atoms with Gasteiger partial charge in [0.05, 0.1) is 11.9 Å². The molecule has 0 radical (unpaired) electrons. The van der Waals surface area contributed by atoms with Crippen LogP contribution in [0.25, 0.3) is 0 Å². The molecule has 0 unspecified atom stereocenters. The van der Waals surface area contributed by atoms with Crippen LogP contribution in [0.4, 0.5) is 0 Å². The third-order valence-corrected chi connectivity index (χ3v) is 4.30. The van der Waals surface area contributed by atoms with Gasteiger partial charge in [-0.3, -0.25) is 4.99 Å². The van der Waals surface area contributed by atoms with Crippen LogP contribution in [0.1, 0.15) is 43.9 Å². The molecule has 1 aromatic heterocycles. The second-order valence-electron chi connectivity index (χ2n) is 4.87.